The maximum absolute atomic E-state index is 13.7. The highest BCUT2D eigenvalue weighted by molar-refractivity contribution is 7.92. The van der Waals surface area contributed by atoms with Crippen molar-refractivity contribution < 1.29 is 27.4 Å². The van der Waals surface area contributed by atoms with Crippen LogP contribution < -0.4 is 23.8 Å². The van der Waals surface area contributed by atoms with Crippen LogP contribution in [-0.2, 0) is 14.8 Å². The molecule has 0 fully saturated rings. The minimum atomic E-state index is -4.22. The molecule has 0 aliphatic rings. The number of nitrogens with one attached hydrogen (secondary N) is 1. The van der Waals surface area contributed by atoms with Gasteiger partial charge in [-0.1, -0.05) is 18.5 Å². The van der Waals surface area contributed by atoms with E-state index >= 15 is 0 Å². The van der Waals surface area contributed by atoms with Crippen molar-refractivity contribution in [3.63, 3.8) is 0 Å². The van der Waals surface area contributed by atoms with Gasteiger partial charge in [0.25, 0.3) is 10.0 Å². The number of benzene rings is 2. The van der Waals surface area contributed by atoms with Gasteiger partial charge in [0, 0.05) is 16.6 Å². The normalized spacial score (nSPS) is 11.6. The van der Waals surface area contributed by atoms with Gasteiger partial charge in [0.2, 0.25) is 5.91 Å². The van der Waals surface area contributed by atoms with Gasteiger partial charge in [-0.05, 0) is 50.6 Å². The number of sulfonamides is 1. The maximum atomic E-state index is 13.7. The molecular formula is C22H29ClN2O6S. The van der Waals surface area contributed by atoms with E-state index in [-0.39, 0.29) is 22.1 Å². The molecule has 0 spiro atoms. The molecule has 2 rings (SSSR count). The Morgan fingerprint density at radius 2 is 1.59 bits per heavy atom. The van der Waals surface area contributed by atoms with E-state index in [1.165, 1.54) is 45.6 Å². The molecule has 10 heteroatoms. The molecule has 176 valence electrons. The van der Waals surface area contributed by atoms with Crippen LogP contribution in [0.1, 0.15) is 27.2 Å². The second kappa shape index (κ2) is 10.3. The molecule has 0 aliphatic carbocycles. The van der Waals surface area contributed by atoms with Crippen molar-refractivity contribution in [2.24, 2.45) is 0 Å². The van der Waals surface area contributed by atoms with Crippen LogP contribution >= 0.6 is 11.6 Å². The van der Waals surface area contributed by atoms with Crippen LogP contribution in [0.2, 0.25) is 5.02 Å². The summed E-state index contributed by atoms with van der Waals surface area (Å²) < 4.78 is 44.2. The first kappa shape index (κ1) is 25.6. The van der Waals surface area contributed by atoms with E-state index in [2.05, 4.69) is 5.32 Å². The number of hydrogen-bond donors (Lipinski definition) is 1. The molecule has 0 heterocycles. The molecule has 2 aromatic rings. The number of methoxy groups -OCH3 is 3. The summed E-state index contributed by atoms with van der Waals surface area (Å²) in [5.41, 5.74) is -0.368. The number of carbonyl (C=O) groups is 1. The summed E-state index contributed by atoms with van der Waals surface area (Å²) in [7, 11) is 0.0532. The van der Waals surface area contributed by atoms with Gasteiger partial charge in [0.1, 0.15) is 12.3 Å². The Bertz CT molecular complexity index is 1070. The van der Waals surface area contributed by atoms with E-state index in [0.29, 0.717) is 17.2 Å². The van der Waals surface area contributed by atoms with Crippen molar-refractivity contribution in [1.29, 1.82) is 0 Å². The van der Waals surface area contributed by atoms with Crippen LogP contribution in [0.15, 0.2) is 41.3 Å². The van der Waals surface area contributed by atoms with Crippen LogP contribution in [0, 0.1) is 0 Å². The van der Waals surface area contributed by atoms with Crippen LogP contribution in [0.3, 0.4) is 0 Å². The van der Waals surface area contributed by atoms with E-state index < -0.39 is 28.0 Å². The van der Waals surface area contributed by atoms with Gasteiger partial charge in [0.05, 0.1) is 31.9 Å². The summed E-state index contributed by atoms with van der Waals surface area (Å²) in [4.78, 5) is 12.8. The zero-order valence-corrected chi connectivity index (χ0v) is 20.6. The molecule has 1 N–H and O–H groups in total. The molecule has 8 nitrogen and oxygen atoms in total. The average molecular weight is 485 g/mol. The van der Waals surface area contributed by atoms with E-state index in [1.54, 1.807) is 12.1 Å². The van der Waals surface area contributed by atoms with Crippen LogP contribution in [0.25, 0.3) is 0 Å². The first-order chi connectivity index (χ1) is 15.0. The van der Waals surface area contributed by atoms with Crippen LogP contribution in [0.5, 0.6) is 17.2 Å². The fourth-order valence-corrected chi connectivity index (χ4v) is 4.50. The second-order valence-corrected chi connectivity index (χ2v) is 9.93. The van der Waals surface area contributed by atoms with E-state index in [1.807, 2.05) is 20.8 Å². The Labute approximate surface area is 194 Å². The summed E-state index contributed by atoms with van der Waals surface area (Å²) in [5, 5.41) is 3.15. The average Bonchev–Trinajstić information content (AvgIpc) is 2.76. The third-order valence-electron chi connectivity index (χ3n) is 5.00. The summed E-state index contributed by atoms with van der Waals surface area (Å²) in [5.74, 6) is 0.396. The molecule has 0 aliphatic heterocycles. The van der Waals surface area contributed by atoms with Crippen molar-refractivity contribution in [2.75, 3.05) is 32.2 Å². The van der Waals surface area contributed by atoms with Crippen LogP contribution in [0.4, 0.5) is 5.69 Å². The van der Waals surface area contributed by atoms with Gasteiger partial charge in [-0.2, -0.15) is 0 Å². The monoisotopic (exact) mass is 484 g/mol. The lowest BCUT2D eigenvalue weighted by molar-refractivity contribution is -0.121. The van der Waals surface area contributed by atoms with Crippen molar-refractivity contribution in [2.45, 2.75) is 37.6 Å². The lowest BCUT2D eigenvalue weighted by atomic mass is 10.0. The molecule has 32 heavy (non-hydrogen) atoms. The Morgan fingerprint density at radius 1 is 1.00 bits per heavy atom. The van der Waals surface area contributed by atoms with Crippen LogP contribution in [-0.4, -0.2) is 47.7 Å². The number of halogens is 1. The van der Waals surface area contributed by atoms with E-state index in [0.717, 1.165) is 4.31 Å². The third kappa shape index (κ3) is 5.77. The van der Waals surface area contributed by atoms with Crippen molar-refractivity contribution in [3.8, 4) is 17.2 Å². The zero-order valence-electron chi connectivity index (χ0n) is 19.1. The smallest absolute Gasteiger partial charge is 0.265 e. The highest BCUT2D eigenvalue weighted by Crippen LogP contribution is 2.37. The van der Waals surface area contributed by atoms with Gasteiger partial charge in [-0.3, -0.25) is 9.10 Å². The predicted molar refractivity (Wildman–Crippen MR) is 125 cm³/mol. The molecule has 0 radical (unpaired) electrons. The highest BCUT2D eigenvalue weighted by atomic mass is 35.5. The number of hydrogen-bond acceptors (Lipinski definition) is 6. The summed E-state index contributed by atoms with van der Waals surface area (Å²) >= 11 is 6.15. The molecule has 0 unspecified atom stereocenters. The number of carbonyl (C=O) groups excluding carboxylic acids is 1. The van der Waals surface area contributed by atoms with Gasteiger partial charge in [0.15, 0.2) is 11.5 Å². The topological polar surface area (TPSA) is 94.2 Å². The Hall–Kier alpha value is -2.65. The van der Waals surface area contributed by atoms with Crippen molar-refractivity contribution in [1.82, 2.24) is 5.32 Å². The van der Waals surface area contributed by atoms with Gasteiger partial charge in [-0.15, -0.1) is 0 Å². The fourth-order valence-electron chi connectivity index (χ4n) is 2.90. The SMILES string of the molecule is CCC(C)(C)NC(=O)CN(c1cc(Cl)ccc1OC)S(=O)(=O)c1ccc(OC)c(OC)c1. The quantitative estimate of drug-likeness (QED) is 0.550. The van der Waals surface area contributed by atoms with Crippen molar-refractivity contribution in [3.05, 3.63) is 41.4 Å². The standard InChI is InChI=1S/C22H29ClN2O6S/c1-7-22(2,3)24-21(26)14-25(17-12-15(23)8-10-18(17)29-4)32(27,28)16-9-11-19(30-5)20(13-16)31-6/h8-13H,7,14H2,1-6H3,(H,24,26). The maximum Gasteiger partial charge on any atom is 0.265 e. The van der Waals surface area contributed by atoms with E-state index in [4.69, 9.17) is 25.8 Å². The second-order valence-electron chi connectivity index (χ2n) is 7.63. The highest BCUT2D eigenvalue weighted by Gasteiger charge is 2.31. The zero-order chi connectivity index (χ0) is 24.1. The summed E-state index contributed by atoms with van der Waals surface area (Å²) in [6.45, 7) is 5.17. The summed E-state index contributed by atoms with van der Waals surface area (Å²) in [6.07, 6.45) is 0.668. The molecule has 0 saturated heterocycles. The molecule has 0 atom stereocenters. The number of ether oxygens (including phenoxy) is 3. The van der Waals surface area contributed by atoms with Gasteiger partial charge < -0.3 is 19.5 Å². The lowest BCUT2D eigenvalue weighted by Crippen LogP contribution is -2.48. The molecule has 0 saturated carbocycles. The lowest BCUT2D eigenvalue weighted by Gasteiger charge is -2.29. The van der Waals surface area contributed by atoms with Gasteiger partial charge >= 0.3 is 0 Å². The first-order valence-corrected chi connectivity index (χ1v) is 11.7. The number of rotatable bonds is 10. The number of anilines is 1. The fraction of sp³-hybridized carbons (Fsp3) is 0.409. The Morgan fingerprint density at radius 3 is 2.16 bits per heavy atom. The van der Waals surface area contributed by atoms with Gasteiger partial charge in [-0.25, -0.2) is 8.42 Å². The number of amides is 1. The largest absolute Gasteiger partial charge is 0.495 e. The number of nitrogens with zero attached hydrogens (tertiary/aromatic N) is 1. The van der Waals surface area contributed by atoms with Crippen molar-refractivity contribution >= 4 is 33.2 Å². The minimum Gasteiger partial charge on any atom is -0.495 e. The summed E-state index contributed by atoms with van der Waals surface area (Å²) in [6, 6.07) is 8.77. The Kier molecular flexibility index (Phi) is 8.25. The molecule has 2 aromatic carbocycles. The third-order valence-corrected chi connectivity index (χ3v) is 6.99. The molecule has 1 amide bonds. The molecule has 0 bridgehead atoms. The molecule has 0 aromatic heterocycles. The Balaban J connectivity index is 2.62. The molecular weight excluding hydrogens is 456 g/mol. The predicted octanol–water partition coefficient (Wildman–Crippen LogP) is 3.87. The minimum absolute atomic E-state index is 0.0836. The van der Waals surface area contributed by atoms with E-state index in [9.17, 15) is 13.2 Å². The first-order valence-electron chi connectivity index (χ1n) is 9.88.